The lowest BCUT2D eigenvalue weighted by atomic mass is 9.97. The third-order valence-electron chi connectivity index (χ3n) is 5.65. The SMILES string of the molecule is O=C(c1ccccc1)c1cc(S(=O)(=O)O[C@@H]2O[C@H](CO)[C@@H](O)C2(F)F)cc(C(=O)c2ccccc2)c1Br. The van der Waals surface area contributed by atoms with E-state index in [0.717, 1.165) is 12.1 Å². The van der Waals surface area contributed by atoms with E-state index in [4.69, 9.17) is 9.84 Å². The van der Waals surface area contributed by atoms with Gasteiger partial charge in [0.15, 0.2) is 17.7 Å². The second kappa shape index (κ2) is 10.5. The first-order valence-electron chi connectivity index (χ1n) is 10.8. The van der Waals surface area contributed by atoms with Crippen LogP contribution in [0.5, 0.6) is 0 Å². The van der Waals surface area contributed by atoms with E-state index in [2.05, 4.69) is 20.1 Å². The molecule has 0 spiro atoms. The first-order valence-corrected chi connectivity index (χ1v) is 13.0. The van der Waals surface area contributed by atoms with Gasteiger partial charge >= 0.3 is 5.92 Å². The Balaban J connectivity index is 1.82. The minimum absolute atomic E-state index is 0.00707. The molecule has 0 amide bonds. The van der Waals surface area contributed by atoms with Gasteiger partial charge in [-0.05, 0) is 28.1 Å². The zero-order valence-electron chi connectivity index (χ0n) is 18.8. The summed E-state index contributed by atoms with van der Waals surface area (Å²) in [5.41, 5.74) is -0.113. The average molecular weight is 597 g/mol. The third-order valence-corrected chi connectivity index (χ3v) is 7.74. The van der Waals surface area contributed by atoms with Gasteiger partial charge < -0.3 is 14.9 Å². The van der Waals surface area contributed by atoms with E-state index < -0.39 is 57.6 Å². The molecule has 0 bridgehead atoms. The highest BCUT2D eigenvalue weighted by atomic mass is 79.9. The van der Waals surface area contributed by atoms with E-state index >= 15 is 0 Å². The highest BCUT2D eigenvalue weighted by Crippen LogP contribution is 2.39. The van der Waals surface area contributed by atoms with Gasteiger partial charge in [0, 0.05) is 26.7 Å². The van der Waals surface area contributed by atoms with Crippen molar-refractivity contribution in [3.05, 3.63) is 99.5 Å². The number of carbonyl (C=O) groups excluding carboxylic acids is 2. The monoisotopic (exact) mass is 596 g/mol. The number of hydrogen-bond donors (Lipinski definition) is 2. The quantitative estimate of drug-likeness (QED) is 0.299. The number of alkyl halides is 2. The first-order chi connectivity index (χ1) is 17.5. The molecule has 1 aliphatic rings. The maximum absolute atomic E-state index is 14.4. The zero-order chi connectivity index (χ0) is 27.0. The van der Waals surface area contributed by atoms with Gasteiger partial charge in [-0.2, -0.15) is 17.2 Å². The standard InChI is InChI=1S/C25H19BrF2O8S/c26-20-17(21(30)14-7-3-1-4-8-14)11-16(12-18(20)22(31)15-9-5-2-6-10-15)37(33,34)36-24-25(27,28)23(32)19(13-29)35-24/h1-12,19,23-24,29,32H,13H2/t19-,23-,24+/m1/s1. The van der Waals surface area contributed by atoms with Crippen LogP contribution in [0.2, 0.25) is 0 Å². The van der Waals surface area contributed by atoms with Crippen LogP contribution in [0.15, 0.2) is 82.2 Å². The van der Waals surface area contributed by atoms with Crippen LogP contribution in [-0.2, 0) is 19.0 Å². The Hall–Kier alpha value is -2.87. The third kappa shape index (κ3) is 5.26. The largest absolute Gasteiger partial charge is 0.394 e. The molecule has 8 nitrogen and oxygen atoms in total. The number of rotatable bonds is 8. The molecule has 3 aromatic rings. The Kier molecular flexibility index (Phi) is 7.70. The topological polar surface area (TPSA) is 127 Å². The van der Waals surface area contributed by atoms with Crippen molar-refractivity contribution in [2.45, 2.75) is 29.3 Å². The lowest BCUT2D eigenvalue weighted by Crippen LogP contribution is -2.42. The summed E-state index contributed by atoms with van der Waals surface area (Å²) >= 11 is 3.23. The Morgan fingerprint density at radius 1 is 0.946 bits per heavy atom. The number of hydrogen-bond acceptors (Lipinski definition) is 8. The van der Waals surface area contributed by atoms with Crippen molar-refractivity contribution < 1.29 is 45.9 Å². The maximum atomic E-state index is 14.4. The van der Waals surface area contributed by atoms with Crippen LogP contribution in [0.3, 0.4) is 0 Å². The predicted molar refractivity (Wildman–Crippen MR) is 129 cm³/mol. The van der Waals surface area contributed by atoms with Crippen molar-refractivity contribution in [2.75, 3.05) is 6.61 Å². The smallest absolute Gasteiger partial charge is 0.326 e. The molecule has 1 fully saturated rings. The van der Waals surface area contributed by atoms with Gasteiger partial charge in [0.25, 0.3) is 10.1 Å². The fourth-order valence-corrected chi connectivity index (χ4v) is 5.30. The predicted octanol–water partition coefficient (Wildman–Crippen LogP) is 3.33. The van der Waals surface area contributed by atoms with Gasteiger partial charge in [-0.15, -0.1) is 0 Å². The lowest BCUT2D eigenvalue weighted by Gasteiger charge is -2.20. The molecule has 0 saturated carbocycles. The van der Waals surface area contributed by atoms with E-state index in [-0.39, 0.29) is 26.7 Å². The normalized spacial score (nSPS) is 21.1. The summed E-state index contributed by atoms with van der Waals surface area (Å²) in [5, 5.41) is 18.8. The molecule has 37 heavy (non-hydrogen) atoms. The van der Waals surface area contributed by atoms with Gasteiger partial charge in [0.1, 0.15) is 6.10 Å². The van der Waals surface area contributed by atoms with Gasteiger partial charge in [0.05, 0.1) is 11.5 Å². The Bertz CT molecular complexity index is 1360. The molecule has 0 radical (unpaired) electrons. The zero-order valence-corrected chi connectivity index (χ0v) is 21.2. The number of carbonyl (C=O) groups is 2. The molecule has 3 atom stereocenters. The molecule has 12 heteroatoms. The van der Waals surface area contributed by atoms with Gasteiger partial charge in [-0.3, -0.25) is 9.59 Å². The molecule has 194 valence electrons. The van der Waals surface area contributed by atoms with Crippen molar-refractivity contribution in [1.82, 2.24) is 0 Å². The van der Waals surface area contributed by atoms with Crippen LogP contribution in [0.1, 0.15) is 31.8 Å². The van der Waals surface area contributed by atoms with Crippen LogP contribution in [0.4, 0.5) is 8.78 Å². The van der Waals surface area contributed by atoms with Crippen LogP contribution in [-0.4, -0.2) is 61.2 Å². The number of ether oxygens (including phenoxy) is 1. The van der Waals surface area contributed by atoms with E-state index in [1.807, 2.05) is 0 Å². The summed E-state index contributed by atoms with van der Waals surface area (Å²) in [6, 6.07) is 17.4. The summed E-state index contributed by atoms with van der Waals surface area (Å²) in [6.45, 7) is -1.01. The second-order valence-corrected chi connectivity index (χ2v) is 10.4. The average Bonchev–Trinajstić information content (AvgIpc) is 3.11. The molecule has 1 saturated heterocycles. The first kappa shape index (κ1) is 27.2. The highest BCUT2D eigenvalue weighted by Gasteiger charge is 2.60. The van der Waals surface area contributed by atoms with E-state index in [1.165, 1.54) is 24.3 Å². The van der Waals surface area contributed by atoms with Crippen LogP contribution in [0, 0.1) is 0 Å². The molecule has 3 aromatic carbocycles. The van der Waals surface area contributed by atoms with Gasteiger partial charge in [-0.1, -0.05) is 60.7 Å². The Labute approximate surface area is 218 Å². The minimum atomic E-state index is -5.09. The van der Waals surface area contributed by atoms with Gasteiger partial charge in [0.2, 0.25) is 6.29 Å². The molecule has 0 unspecified atom stereocenters. The fourth-order valence-electron chi connectivity index (χ4n) is 3.67. The molecule has 0 aromatic heterocycles. The lowest BCUT2D eigenvalue weighted by molar-refractivity contribution is -0.183. The fraction of sp³-hybridized carbons (Fsp3) is 0.200. The van der Waals surface area contributed by atoms with Crippen molar-refractivity contribution in [3.8, 4) is 0 Å². The van der Waals surface area contributed by atoms with Crippen molar-refractivity contribution in [2.24, 2.45) is 0 Å². The summed E-state index contributed by atoms with van der Waals surface area (Å²) in [5.74, 6) is -5.48. The summed E-state index contributed by atoms with van der Waals surface area (Å²) in [7, 11) is -5.09. The number of halogens is 3. The molecular weight excluding hydrogens is 578 g/mol. The molecule has 1 heterocycles. The molecular formula is C25H19BrF2O8S. The van der Waals surface area contributed by atoms with Gasteiger partial charge in [-0.25, -0.2) is 4.18 Å². The van der Waals surface area contributed by atoms with Crippen molar-refractivity contribution >= 4 is 37.6 Å². The Morgan fingerprint density at radius 2 is 1.41 bits per heavy atom. The van der Waals surface area contributed by atoms with Crippen LogP contribution < -0.4 is 0 Å². The van der Waals surface area contributed by atoms with Crippen molar-refractivity contribution in [1.29, 1.82) is 0 Å². The number of aliphatic hydroxyl groups is 2. The summed E-state index contributed by atoms with van der Waals surface area (Å²) in [6.07, 6.45) is -7.06. The van der Waals surface area contributed by atoms with E-state index in [0.29, 0.717) is 0 Å². The molecule has 4 rings (SSSR count). The number of ketones is 2. The molecule has 0 aliphatic carbocycles. The van der Waals surface area contributed by atoms with E-state index in [9.17, 15) is 31.9 Å². The van der Waals surface area contributed by atoms with Crippen LogP contribution in [0.25, 0.3) is 0 Å². The summed E-state index contributed by atoms with van der Waals surface area (Å²) < 4.78 is 64.3. The maximum Gasteiger partial charge on any atom is 0.326 e. The second-order valence-electron chi connectivity index (χ2n) is 8.08. The number of benzene rings is 3. The summed E-state index contributed by atoms with van der Waals surface area (Å²) in [4.78, 5) is 25.7. The van der Waals surface area contributed by atoms with Crippen molar-refractivity contribution in [3.63, 3.8) is 0 Å². The minimum Gasteiger partial charge on any atom is -0.394 e. The number of aliphatic hydroxyl groups excluding tert-OH is 2. The van der Waals surface area contributed by atoms with E-state index in [1.54, 1.807) is 36.4 Å². The van der Waals surface area contributed by atoms with Crippen LogP contribution >= 0.6 is 15.9 Å². The molecule has 1 aliphatic heterocycles. The highest BCUT2D eigenvalue weighted by molar-refractivity contribution is 9.10. The Morgan fingerprint density at radius 3 is 1.81 bits per heavy atom. The molecule has 2 N–H and O–H groups in total.